The second kappa shape index (κ2) is 8.20. The molecule has 1 aromatic carbocycles. The summed E-state index contributed by atoms with van der Waals surface area (Å²) >= 11 is 1.99. The molecule has 27 heavy (non-hydrogen) atoms. The van der Waals surface area contributed by atoms with Gasteiger partial charge in [-0.3, -0.25) is 14.7 Å². The van der Waals surface area contributed by atoms with Gasteiger partial charge in [0.1, 0.15) is 0 Å². The van der Waals surface area contributed by atoms with E-state index in [-0.39, 0.29) is 11.4 Å². The number of hydrogen-bond acceptors (Lipinski definition) is 6. The molecule has 1 atom stereocenters. The Hall–Kier alpha value is -1.57. The van der Waals surface area contributed by atoms with E-state index in [0.29, 0.717) is 12.1 Å². The van der Waals surface area contributed by atoms with Crippen LogP contribution in [0.25, 0.3) is 0 Å². The molecule has 0 bridgehead atoms. The number of carbonyl (C=O) groups excluding carboxylic acids is 1. The lowest BCUT2D eigenvalue weighted by Crippen LogP contribution is -2.59. The van der Waals surface area contributed by atoms with Gasteiger partial charge in [0, 0.05) is 55.2 Å². The van der Waals surface area contributed by atoms with E-state index >= 15 is 0 Å². The Morgan fingerprint density at radius 3 is 2.67 bits per heavy atom. The van der Waals surface area contributed by atoms with Crippen molar-refractivity contribution < 1.29 is 9.53 Å². The number of morpholine rings is 1. The smallest absolute Gasteiger partial charge is 0.251 e. The lowest BCUT2D eigenvalue weighted by molar-refractivity contribution is -0.0129. The average Bonchev–Trinajstić information content (AvgIpc) is 3.37. The van der Waals surface area contributed by atoms with Crippen LogP contribution in [0.15, 0.2) is 29.4 Å². The first-order valence-electron chi connectivity index (χ1n) is 9.77. The van der Waals surface area contributed by atoms with Gasteiger partial charge in [-0.2, -0.15) is 16.9 Å². The summed E-state index contributed by atoms with van der Waals surface area (Å²) in [5.41, 5.74) is 2.98. The summed E-state index contributed by atoms with van der Waals surface area (Å²) in [6, 6.07) is 7.78. The zero-order valence-corrected chi connectivity index (χ0v) is 16.8. The predicted molar refractivity (Wildman–Crippen MR) is 111 cm³/mol. The van der Waals surface area contributed by atoms with Gasteiger partial charge in [-0.25, -0.2) is 0 Å². The third-order valence-corrected chi connectivity index (χ3v) is 6.98. The van der Waals surface area contributed by atoms with Gasteiger partial charge >= 0.3 is 0 Å². The van der Waals surface area contributed by atoms with E-state index in [2.05, 4.69) is 15.3 Å². The molecule has 2 fully saturated rings. The van der Waals surface area contributed by atoms with Gasteiger partial charge in [0.25, 0.3) is 5.91 Å². The number of hydrazone groups is 1. The summed E-state index contributed by atoms with van der Waals surface area (Å²) in [5.74, 6) is 2.25. The van der Waals surface area contributed by atoms with Gasteiger partial charge in [0.2, 0.25) is 0 Å². The molecular formula is C20H28N4O2S. The molecule has 0 unspecified atom stereocenters. The van der Waals surface area contributed by atoms with Gasteiger partial charge < -0.3 is 10.1 Å². The van der Waals surface area contributed by atoms with Crippen molar-refractivity contribution in [1.82, 2.24) is 10.2 Å². The van der Waals surface area contributed by atoms with E-state index in [1.165, 1.54) is 0 Å². The fraction of sp³-hybridized carbons (Fsp3) is 0.600. The van der Waals surface area contributed by atoms with E-state index in [4.69, 9.17) is 4.74 Å². The van der Waals surface area contributed by atoms with Crippen molar-refractivity contribution in [2.24, 2.45) is 5.10 Å². The summed E-state index contributed by atoms with van der Waals surface area (Å²) in [7, 11) is 0. The van der Waals surface area contributed by atoms with Crippen LogP contribution < -0.4 is 10.3 Å². The fourth-order valence-electron chi connectivity index (χ4n) is 4.03. The number of hydrogen-bond donors (Lipinski definition) is 1. The molecule has 3 aliphatic heterocycles. The van der Waals surface area contributed by atoms with Crippen molar-refractivity contribution in [2.75, 3.05) is 55.9 Å². The number of nitrogens with zero attached hydrogens (tertiary/aromatic N) is 3. The largest absolute Gasteiger partial charge is 0.379 e. The van der Waals surface area contributed by atoms with Crippen molar-refractivity contribution in [2.45, 2.75) is 25.3 Å². The lowest BCUT2D eigenvalue weighted by Gasteiger charge is -2.43. The highest BCUT2D eigenvalue weighted by Gasteiger charge is 2.40. The first-order chi connectivity index (χ1) is 13.2. The Morgan fingerprint density at radius 2 is 2.04 bits per heavy atom. The normalized spacial score (nSPS) is 26.3. The zero-order valence-electron chi connectivity index (χ0n) is 15.9. The Kier molecular flexibility index (Phi) is 5.71. The molecular weight excluding hydrogens is 360 g/mol. The first kappa shape index (κ1) is 18.8. The van der Waals surface area contributed by atoms with E-state index < -0.39 is 0 Å². The number of thioether (sulfide) groups is 1. The molecule has 1 amide bonds. The topological polar surface area (TPSA) is 57.2 Å². The second-order valence-corrected chi connectivity index (χ2v) is 8.67. The Bertz CT molecular complexity index is 694. The van der Waals surface area contributed by atoms with Gasteiger partial charge in [-0.1, -0.05) is 0 Å². The van der Waals surface area contributed by atoms with E-state index in [1.54, 1.807) is 0 Å². The summed E-state index contributed by atoms with van der Waals surface area (Å²) in [4.78, 5) is 15.2. The van der Waals surface area contributed by atoms with Crippen LogP contribution >= 0.6 is 11.8 Å². The maximum atomic E-state index is 12.7. The van der Waals surface area contributed by atoms with Crippen LogP contribution in [0.4, 0.5) is 5.69 Å². The number of carbonyl (C=O) groups is 1. The predicted octanol–water partition coefficient (Wildman–Crippen LogP) is 2.21. The maximum absolute atomic E-state index is 12.7. The molecule has 146 valence electrons. The molecule has 0 aliphatic carbocycles. The monoisotopic (exact) mass is 388 g/mol. The second-order valence-electron chi connectivity index (χ2n) is 7.56. The summed E-state index contributed by atoms with van der Waals surface area (Å²) in [6.07, 6.45) is 2.13. The molecule has 4 rings (SSSR count). The van der Waals surface area contributed by atoms with Gasteiger partial charge in [0.15, 0.2) is 0 Å². The van der Waals surface area contributed by atoms with Gasteiger partial charge in [-0.15, -0.1) is 0 Å². The van der Waals surface area contributed by atoms with Crippen LogP contribution in [-0.4, -0.2) is 73.0 Å². The Morgan fingerprint density at radius 1 is 1.26 bits per heavy atom. The first-order valence-corrected chi connectivity index (χ1v) is 10.9. The minimum absolute atomic E-state index is 0.00666. The quantitative estimate of drug-likeness (QED) is 0.838. The van der Waals surface area contributed by atoms with E-state index in [9.17, 15) is 4.79 Å². The molecule has 0 aromatic heterocycles. The number of anilines is 1. The van der Waals surface area contributed by atoms with Crippen molar-refractivity contribution in [3.63, 3.8) is 0 Å². The molecule has 0 saturated carbocycles. The molecule has 0 spiro atoms. The van der Waals surface area contributed by atoms with Gasteiger partial charge in [-0.05, 0) is 43.4 Å². The van der Waals surface area contributed by atoms with Crippen molar-refractivity contribution in [3.8, 4) is 0 Å². The molecule has 2 saturated heterocycles. The van der Waals surface area contributed by atoms with E-state index in [0.717, 1.165) is 68.6 Å². The SMILES string of the molecule is CC1=NN(c2ccc(C(=O)NC[C@@]3(N4CCOCC4)CCSC3)cc2)CC1. The number of ether oxygens (including phenoxy) is 1. The molecule has 6 nitrogen and oxygen atoms in total. The van der Waals surface area contributed by atoms with Crippen molar-refractivity contribution in [3.05, 3.63) is 29.8 Å². The zero-order chi connectivity index (χ0) is 18.7. The minimum atomic E-state index is 0.00666. The van der Waals surface area contributed by atoms with Crippen LogP contribution in [-0.2, 0) is 4.74 Å². The highest BCUT2D eigenvalue weighted by Crippen LogP contribution is 2.33. The summed E-state index contributed by atoms with van der Waals surface area (Å²) < 4.78 is 5.51. The Labute approximate surface area is 165 Å². The molecule has 1 N–H and O–H groups in total. The van der Waals surface area contributed by atoms with Crippen LogP contribution in [0.2, 0.25) is 0 Å². The highest BCUT2D eigenvalue weighted by atomic mass is 32.2. The Balaban J connectivity index is 1.38. The number of nitrogens with one attached hydrogen (secondary N) is 1. The number of amides is 1. The van der Waals surface area contributed by atoms with Crippen LogP contribution in [0.5, 0.6) is 0 Å². The third-order valence-electron chi connectivity index (χ3n) is 5.75. The van der Waals surface area contributed by atoms with Crippen molar-refractivity contribution >= 4 is 29.1 Å². The standard InChI is InChI=1S/C20H28N4O2S/c1-16-6-8-24(22-16)18-4-2-17(3-5-18)19(25)21-14-20(7-13-27-15-20)23-9-11-26-12-10-23/h2-5H,6-15H2,1H3,(H,21,25)/t20-/m0/s1. The molecule has 1 aromatic rings. The highest BCUT2D eigenvalue weighted by molar-refractivity contribution is 7.99. The van der Waals surface area contributed by atoms with Crippen molar-refractivity contribution in [1.29, 1.82) is 0 Å². The fourth-order valence-corrected chi connectivity index (χ4v) is 5.50. The third kappa shape index (κ3) is 4.15. The molecule has 7 heteroatoms. The van der Waals surface area contributed by atoms with Gasteiger partial charge in [0.05, 0.1) is 18.9 Å². The summed E-state index contributed by atoms with van der Waals surface area (Å²) in [6.45, 7) is 7.17. The number of benzene rings is 1. The van der Waals surface area contributed by atoms with Crippen LogP contribution in [0, 0.1) is 0 Å². The number of rotatable bonds is 5. The molecule has 3 aliphatic rings. The molecule has 0 radical (unpaired) electrons. The average molecular weight is 389 g/mol. The minimum Gasteiger partial charge on any atom is -0.379 e. The van der Waals surface area contributed by atoms with E-state index in [1.807, 2.05) is 48.0 Å². The summed E-state index contributed by atoms with van der Waals surface area (Å²) in [5, 5.41) is 9.71. The lowest BCUT2D eigenvalue weighted by atomic mass is 9.95. The molecule has 3 heterocycles. The maximum Gasteiger partial charge on any atom is 0.251 e. The van der Waals surface area contributed by atoms with Crippen LogP contribution in [0.1, 0.15) is 30.1 Å². The van der Waals surface area contributed by atoms with Crippen LogP contribution in [0.3, 0.4) is 0 Å².